The number of nitrogens with one attached hydrogen (secondary N) is 3. The number of carbonyl (C=O) groups is 3. The van der Waals surface area contributed by atoms with Gasteiger partial charge in [0.2, 0.25) is 5.91 Å². The standard InChI is InChI=1S/C20H23N5O4/c1-29-13-7-5-12(6-8-13)25-17-4-2-3-15(14(17)11-21-25)22-18(26)10-9-16-19(27)24-20(28)23-16/h5-8,11,15-16H,2-4,9-10H2,1H3,(H,22,26)(H2,23,24,27,28). The van der Waals surface area contributed by atoms with Crippen LogP contribution in [0.4, 0.5) is 4.79 Å². The van der Waals surface area contributed by atoms with Crippen LogP contribution in [0.5, 0.6) is 5.75 Å². The average molecular weight is 397 g/mol. The zero-order valence-electron chi connectivity index (χ0n) is 16.1. The summed E-state index contributed by atoms with van der Waals surface area (Å²) in [6.07, 6.45) is 4.93. The van der Waals surface area contributed by atoms with Crippen molar-refractivity contribution in [2.45, 2.75) is 44.2 Å². The van der Waals surface area contributed by atoms with Gasteiger partial charge in [0.25, 0.3) is 5.91 Å². The van der Waals surface area contributed by atoms with E-state index in [0.29, 0.717) is 0 Å². The first-order valence-corrected chi connectivity index (χ1v) is 9.67. The van der Waals surface area contributed by atoms with Gasteiger partial charge in [0.05, 0.1) is 25.0 Å². The number of hydrogen-bond donors (Lipinski definition) is 3. The SMILES string of the molecule is COc1ccc(-n2ncc3c2CCCC3NC(=O)CCC2NC(=O)NC2=O)cc1. The summed E-state index contributed by atoms with van der Waals surface area (Å²) in [7, 11) is 1.63. The Bertz CT molecular complexity index is 937. The third-order valence-electron chi connectivity index (χ3n) is 5.35. The molecule has 1 aliphatic heterocycles. The summed E-state index contributed by atoms with van der Waals surface area (Å²) in [4.78, 5) is 35.2. The third-order valence-corrected chi connectivity index (χ3v) is 5.35. The van der Waals surface area contributed by atoms with E-state index in [1.165, 1.54) is 0 Å². The molecule has 0 bridgehead atoms. The highest BCUT2D eigenvalue weighted by molar-refractivity contribution is 6.04. The molecule has 2 aliphatic rings. The number of rotatable bonds is 6. The Kier molecular flexibility index (Phi) is 5.20. The van der Waals surface area contributed by atoms with Gasteiger partial charge < -0.3 is 15.4 Å². The molecule has 9 heteroatoms. The number of imide groups is 1. The Morgan fingerprint density at radius 2 is 2.10 bits per heavy atom. The van der Waals surface area contributed by atoms with Crippen molar-refractivity contribution < 1.29 is 19.1 Å². The van der Waals surface area contributed by atoms with E-state index in [0.717, 1.165) is 42.0 Å². The summed E-state index contributed by atoms with van der Waals surface area (Å²) in [6, 6.07) is 6.43. The lowest BCUT2D eigenvalue weighted by molar-refractivity contribution is -0.122. The van der Waals surface area contributed by atoms with Crippen LogP contribution >= 0.6 is 0 Å². The van der Waals surface area contributed by atoms with Gasteiger partial charge in [0, 0.05) is 17.7 Å². The Hall–Kier alpha value is -3.36. The Labute approximate surface area is 167 Å². The fourth-order valence-electron chi connectivity index (χ4n) is 3.86. The molecule has 29 heavy (non-hydrogen) atoms. The van der Waals surface area contributed by atoms with Gasteiger partial charge >= 0.3 is 6.03 Å². The molecule has 0 saturated carbocycles. The van der Waals surface area contributed by atoms with E-state index in [9.17, 15) is 14.4 Å². The lowest BCUT2D eigenvalue weighted by atomic mass is 9.92. The minimum absolute atomic E-state index is 0.106. The summed E-state index contributed by atoms with van der Waals surface area (Å²) < 4.78 is 7.12. The van der Waals surface area contributed by atoms with Crippen molar-refractivity contribution in [3.63, 3.8) is 0 Å². The molecule has 2 atom stereocenters. The minimum Gasteiger partial charge on any atom is -0.497 e. The molecular weight excluding hydrogens is 374 g/mol. The van der Waals surface area contributed by atoms with E-state index in [1.54, 1.807) is 7.11 Å². The molecule has 4 amide bonds. The Morgan fingerprint density at radius 1 is 1.31 bits per heavy atom. The molecule has 4 rings (SSSR count). The summed E-state index contributed by atoms with van der Waals surface area (Å²) >= 11 is 0. The van der Waals surface area contributed by atoms with E-state index in [1.807, 2.05) is 35.1 Å². The van der Waals surface area contributed by atoms with Crippen molar-refractivity contribution >= 4 is 17.8 Å². The molecule has 0 radical (unpaired) electrons. The normalized spacial score (nSPS) is 20.6. The number of methoxy groups -OCH3 is 1. The van der Waals surface area contributed by atoms with Crippen molar-refractivity contribution in [2.75, 3.05) is 7.11 Å². The first-order valence-electron chi connectivity index (χ1n) is 9.67. The fraction of sp³-hybridized carbons (Fsp3) is 0.400. The maximum absolute atomic E-state index is 12.4. The number of fused-ring (bicyclic) bond motifs is 1. The van der Waals surface area contributed by atoms with Gasteiger partial charge in [-0.05, 0) is 49.9 Å². The van der Waals surface area contributed by atoms with E-state index >= 15 is 0 Å². The average Bonchev–Trinajstić information content (AvgIpc) is 3.29. The minimum atomic E-state index is -0.645. The second-order valence-electron chi connectivity index (χ2n) is 7.22. The largest absolute Gasteiger partial charge is 0.497 e. The van der Waals surface area contributed by atoms with Crippen LogP contribution in [0.15, 0.2) is 30.5 Å². The molecule has 1 aromatic carbocycles. The molecule has 1 aromatic heterocycles. The monoisotopic (exact) mass is 397 g/mol. The van der Waals surface area contributed by atoms with E-state index in [-0.39, 0.29) is 30.7 Å². The molecule has 0 spiro atoms. The quantitative estimate of drug-likeness (QED) is 0.637. The van der Waals surface area contributed by atoms with Crippen LogP contribution in [0, 0.1) is 0 Å². The number of carbonyl (C=O) groups excluding carboxylic acids is 3. The molecule has 9 nitrogen and oxygen atoms in total. The Morgan fingerprint density at radius 3 is 2.79 bits per heavy atom. The highest BCUT2D eigenvalue weighted by atomic mass is 16.5. The second kappa shape index (κ2) is 7.94. The topological polar surface area (TPSA) is 114 Å². The zero-order chi connectivity index (χ0) is 20.4. The van der Waals surface area contributed by atoms with Crippen molar-refractivity contribution in [1.82, 2.24) is 25.7 Å². The van der Waals surface area contributed by atoms with Crippen LogP contribution < -0.4 is 20.7 Å². The van der Waals surface area contributed by atoms with Crippen molar-refractivity contribution in [2.24, 2.45) is 0 Å². The number of urea groups is 1. The Balaban J connectivity index is 1.42. The first kappa shape index (κ1) is 19.0. The van der Waals surface area contributed by atoms with Crippen LogP contribution in [-0.4, -0.2) is 40.8 Å². The molecule has 1 aliphatic carbocycles. The van der Waals surface area contributed by atoms with E-state index < -0.39 is 12.1 Å². The first-order chi connectivity index (χ1) is 14.0. The second-order valence-corrected chi connectivity index (χ2v) is 7.22. The van der Waals surface area contributed by atoms with Crippen molar-refractivity contribution in [3.8, 4) is 11.4 Å². The maximum Gasteiger partial charge on any atom is 0.322 e. The van der Waals surface area contributed by atoms with Gasteiger partial charge in [-0.2, -0.15) is 5.10 Å². The molecule has 152 valence electrons. The molecule has 1 saturated heterocycles. The van der Waals surface area contributed by atoms with E-state index in [4.69, 9.17) is 4.74 Å². The molecule has 3 N–H and O–H groups in total. The molecule has 2 heterocycles. The summed E-state index contributed by atoms with van der Waals surface area (Å²) in [5, 5.41) is 12.3. The number of benzene rings is 1. The smallest absolute Gasteiger partial charge is 0.322 e. The number of nitrogens with zero attached hydrogens (tertiary/aromatic N) is 2. The molecular formula is C20H23N5O4. The van der Waals surface area contributed by atoms with Crippen LogP contribution in [0.2, 0.25) is 0 Å². The van der Waals surface area contributed by atoms with Crippen molar-refractivity contribution in [3.05, 3.63) is 41.7 Å². The van der Waals surface area contributed by atoms with Crippen molar-refractivity contribution in [1.29, 1.82) is 0 Å². The highest BCUT2D eigenvalue weighted by Gasteiger charge is 2.30. The molecule has 2 unspecified atom stereocenters. The number of hydrogen-bond acceptors (Lipinski definition) is 5. The number of amides is 4. The van der Waals surface area contributed by atoms with Gasteiger partial charge in [-0.25, -0.2) is 9.48 Å². The van der Waals surface area contributed by atoms with Crippen LogP contribution in [0.1, 0.15) is 43.0 Å². The summed E-state index contributed by atoms with van der Waals surface area (Å²) in [5.74, 6) is 0.254. The maximum atomic E-state index is 12.4. The van der Waals surface area contributed by atoms with Gasteiger partial charge in [-0.3, -0.25) is 14.9 Å². The van der Waals surface area contributed by atoms with Gasteiger partial charge in [0.15, 0.2) is 0 Å². The summed E-state index contributed by atoms with van der Waals surface area (Å²) in [5.41, 5.74) is 3.06. The van der Waals surface area contributed by atoms with E-state index in [2.05, 4.69) is 21.0 Å². The lowest BCUT2D eigenvalue weighted by Gasteiger charge is -2.24. The van der Waals surface area contributed by atoms with Gasteiger partial charge in [-0.15, -0.1) is 0 Å². The number of ether oxygens (including phenoxy) is 1. The fourth-order valence-corrected chi connectivity index (χ4v) is 3.86. The van der Waals surface area contributed by atoms with Gasteiger partial charge in [0.1, 0.15) is 11.8 Å². The molecule has 1 fully saturated rings. The predicted octanol–water partition coefficient (Wildman–Crippen LogP) is 1.36. The van der Waals surface area contributed by atoms with Crippen LogP contribution in [0.3, 0.4) is 0 Å². The predicted molar refractivity (Wildman–Crippen MR) is 104 cm³/mol. The highest BCUT2D eigenvalue weighted by Crippen LogP contribution is 2.31. The zero-order valence-corrected chi connectivity index (χ0v) is 16.1. The number of aromatic nitrogens is 2. The lowest BCUT2D eigenvalue weighted by Crippen LogP contribution is -2.34. The van der Waals surface area contributed by atoms with Crippen LogP contribution in [0.25, 0.3) is 5.69 Å². The summed E-state index contributed by atoms with van der Waals surface area (Å²) in [6.45, 7) is 0. The van der Waals surface area contributed by atoms with Crippen LogP contribution in [-0.2, 0) is 16.0 Å². The molecule has 2 aromatic rings. The third kappa shape index (κ3) is 3.94. The van der Waals surface area contributed by atoms with Gasteiger partial charge in [-0.1, -0.05) is 0 Å².